The molecule has 14 nitrogen and oxygen atoms in total. The Kier molecular flexibility index (Phi) is 15.3. The summed E-state index contributed by atoms with van der Waals surface area (Å²) in [7, 11) is 6.77. The molecule has 52 heavy (non-hydrogen) atoms. The van der Waals surface area contributed by atoms with Crippen LogP contribution in [0.5, 0.6) is 0 Å². The first-order chi connectivity index (χ1) is 24.0. The molecule has 0 amide bonds. The zero-order valence-corrected chi connectivity index (χ0v) is 33.9. The Morgan fingerprint density at radius 3 is 1.98 bits per heavy atom. The van der Waals surface area contributed by atoms with Crippen molar-refractivity contribution in [1.29, 1.82) is 0 Å². The van der Waals surface area contributed by atoms with Crippen LogP contribution >= 0.6 is 0 Å². The number of hydrogen-bond donors (Lipinski definition) is 4. The predicted octanol–water partition coefficient (Wildman–Crippen LogP) is 2.44. The molecule has 0 unspecified atom stereocenters. The summed E-state index contributed by atoms with van der Waals surface area (Å²) in [6, 6.07) is -0.283. The van der Waals surface area contributed by atoms with E-state index in [1.54, 1.807) is 48.5 Å². The maximum atomic E-state index is 14.2. The van der Waals surface area contributed by atoms with E-state index in [1.165, 1.54) is 21.1 Å². The molecule has 3 fully saturated rings. The van der Waals surface area contributed by atoms with Crippen LogP contribution in [0.1, 0.15) is 94.9 Å². The van der Waals surface area contributed by atoms with Gasteiger partial charge in [-0.15, -0.1) is 0 Å². The van der Waals surface area contributed by atoms with Crippen LogP contribution in [0.25, 0.3) is 0 Å². The molecule has 0 radical (unpaired) electrons. The van der Waals surface area contributed by atoms with Gasteiger partial charge in [0.2, 0.25) is 0 Å². The highest BCUT2D eigenvalue weighted by Gasteiger charge is 2.54. The highest BCUT2D eigenvalue weighted by molar-refractivity contribution is 5.83. The first-order valence-corrected chi connectivity index (χ1v) is 18.9. The third kappa shape index (κ3) is 9.38. The van der Waals surface area contributed by atoms with Crippen LogP contribution in [-0.4, -0.2) is 150 Å². The van der Waals surface area contributed by atoms with Crippen molar-refractivity contribution >= 4 is 11.8 Å². The van der Waals surface area contributed by atoms with Crippen LogP contribution in [0.4, 0.5) is 0 Å². The highest BCUT2D eigenvalue weighted by Crippen LogP contribution is 2.41. The lowest BCUT2D eigenvalue weighted by atomic mass is 9.74. The number of carbonyl (C=O) groups is 2. The molecule has 0 bridgehead atoms. The van der Waals surface area contributed by atoms with Gasteiger partial charge in [0.15, 0.2) is 12.6 Å². The molecule has 0 aromatic heterocycles. The minimum Gasteiger partial charge on any atom is -0.459 e. The normalized spacial score (nSPS) is 49.0. The van der Waals surface area contributed by atoms with Crippen molar-refractivity contribution in [2.75, 3.05) is 28.3 Å². The Labute approximate surface area is 310 Å². The summed E-state index contributed by atoms with van der Waals surface area (Å²) in [5, 5.41) is 45.6. The lowest BCUT2D eigenvalue weighted by Gasteiger charge is -2.50. The van der Waals surface area contributed by atoms with Gasteiger partial charge in [-0.2, -0.15) is 0 Å². The number of aliphatic hydroxyl groups is 4. The van der Waals surface area contributed by atoms with E-state index in [9.17, 15) is 30.0 Å². The molecule has 3 rings (SSSR count). The molecule has 304 valence electrons. The lowest BCUT2D eigenvalue weighted by molar-refractivity contribution is -0.319. The summed E-state index contributed by atoms with van der Waals surface area (Å²) < 4.78 is 43.9. The van der Waals surface area contributed by atoms with Gasteiger partial charge < -0.3 is 58.5 Å². The summed E-state index contributed by atoms with van der Waals surface area (Å²) >= 11 is 0. The maximum absolute atomic E-state index is 14.2. The monoisotopic (exact) mass is 747 g/mol. The maximum Gasteiger partial charge on any atom is 0.311 e. The Bertz CT molecular complexity index is 1190. The van der Waals surface area contributed by atoms with Crippen molar-refractivity contribution in [2.24, 2.45) is 23.7 Å². The number of methoxy groups -OCH3 is 2. The molecule has 0 aliphatic carbocycles. The molecular formula is C38H69NO13. The van der Waals surface area contributed by atoms with Gasteiger partial charge in [0, 0.05) is 44.4 Å². The number of carbonyl (C=O) groups excluding carboxylic acids is 2. The summed E-state index contributed by atoms with van der Waals surface area (Å²) in [5.41, 5.74) is -4.24. The number of nitrogens with zero attached hydrogens (tertiary/aromatic N) is 1. The first-order valence-electron chi connectivity index (χ1n) is 18.9. The van der Waals surface area contributed by atoms with E-state index in [-0.39, 0.29) is 37.2 Å². The van der Waals surface area contributed by atoms with Gasteiger partial charge in [-0.25, -0.2) is 0 Å². The summed E-state index contributed by atoms with van der Waals surface area (Å²) in [6.07, 6.45) is -8.73. The molecule has 3 aliphatic rings. The lowest BCUT2D eigenvalue weighted by Crippen LogP contribution is -2.61. The second-order valence-electron chi connectivity index (χ2n) is 16.6. The molecular weight excluding hydrogens is 678 g/mol. The molecule has 14 heteroatoms. The SMILES string of the molecule is CC[C@@H]1OC(=O)[C@H](C)[C@H](O[C@@H]2C[C@](C)(OC)[C@H](O)[C@H](C)O2)[C@H](C)[C@H](O[C@@H]2O[C@H](C)C[C@H](N(C)C)[C@@H]2O)[C@](C)(OC)C[C@H](C)C(=O)[C@H](C)[C@@H](O)[C@@]1(C)O. The molecule has 0 spiro atoms. The molecule has 0 aromatic carbocycles. The molecule has 18 atom stereocenters. The van der Waals surface area contributed by atoms with Crippen LogP contribution in [0, 0.1) is 23.7 Å². The largest absolute Gasteiger partial charge is 0.459 e. The van der Waals surface area contributed by atoms with E-state index in [0.717, 1.165) is 0 Å². The fourth-order valence-corrected chi connectivity index (χ4v) is 8.58. The van der Waals surface area contributed by atoms with E-state index in [4.69, 9.17) is 33.2 Å². The molecule has 3 saturated heterocycles. The van der Waals surface area contributed by atoms with Crippen LogP contribution in [0.2, 0.25) is 0 Å². The minimum absolute atomic E-state index is 0.111. The van der Waals surface area contributed by atoms with Gasteiger partial charge in [0.1, 0.15) is 29.7 Å². The number of esters is 1. The standard InChI is InChI=1S/C38H69NO13/c1-15-26-38(10,45)31(42)21(4)28(40)19(2)17-37(9,47-14)33(52-35-29(41)25(39(11)12)16-20(3)48-35)22(5)30(23(6)34(44)50-26)51-27-18-36(8,46-13)32(43)24(7)49-27/h19-27,29-33,35,41-43,45H,15-18H2,1-14H3/t19-,20+,21-,22-,23+,24-,25-,26-,27+,29-,30+,31+,32+,33-,35-,36-,37+,38-/m0/s1. The minimum atomic E-state index is -1.96. The Morgan fingerprint density at radius 1 is 0.846 bits per heavy atom. The fraction of sp³-hybridized carbons (Fsp3) is 0.947. The fourth-order valence-electron chi connectivity index (χ4n) is 8.58. The summed E-state index contributed by atoms with van der Waals surface area (Å²) in [6.45, 7) is 17.1. The van der Waals surface area contributed by atoms with Gasteiger partial charge in [-0.1, -0.05) is 27.7 Å². The van der Waals surface area contributed by atoms with E-state index < -0.39 is 102 Å². The second kappa shape index (κ2) is 17.7. The Hall–Kier alpha value is -1.30. The summed E-state index contributed by atoms with van der Waals surface area (Å²) in [4.78, 5) is 30.1. The quantitative estimate of drug-likeness (QED) is 0.266. The summed E-state index contributed by atoms with van der Waals surface area (Å²) in [5.74, 6) is -4.47. The zero-order valence-electron chi connectivity index (χ0n) is 33.9. The molecule has 0 saturated carbocycles. The van der Waals surface area contributed by atoms with Crippen molar-refractivity contribution in [1.82, 2.24) is 4.90 Å². The number of cyclic esters (lactones) is 1. The van der Waals surface area contributed by atoms with Gasteiger partial charge in [-0.3, -0.25) is 9.59 Å². The Morgan fingerprint density at radius 2 is 1.44 bits per heavy atom. The van der Waals surface area contributed by atoms with Gasteiger partial charge in [0.05, 0.1) is 47.6 Å². The molecule has 3 heterocycles. The molecule has 4 N–H and O–H groups in total. The second-order valence-corrected chi connectivity index (χ2v) is 16.6. The van der Waals surface area contributed by atoms with Crippen LogP contribution in [0.15, 0.2) is 0 Å². The van der Waals surface area contributed by atoms with Crippen molar-refractivity contribution < 1.29 is 63.2 Å². The number of likely N-dealkylation sites (N-methyl/N-ethyl adjacent to an activating group) is 1. The number of ketones is 1. The van der Waals surface area contributed by atoms with Gasteiger partial charge >= 0.3 is 5.97 Å². The number of rotatable bonds is 8. The van der Waals surface area contributed by atoms with Crippen LogP contribution in [-0.2, 0) is 42.7 Å². The first kappa shape index (κ1) is 45.1. The molecule has 3 aliphatic heterocycles. The third-order valence-electron chi connectivity index (χ3n) is 12.3. The third-order valence-corrected chi connectivity index (χ3v) is 12.3. The number of Topliss-reactive ketones (excluding diaryl/α,β-unsaturated/α-hetero) is 1. The number of ether oxygens (including phenoxy) is 7. The van der Waals surface area contributed by atoms with Crippen molar-refractivity contribution in [3.05, 3.63) is 0 Å². The Balaban J connectivity index is 2.22. The number of hydrogen-bond acceptors (Lipinski definition) is 14. The van der Waals surface area contributed by atoms with Gasteiger partial charge in [0.25, 0.3) is 0 Å². The van der Waals surface area contributed by atoms with Crippen LogP contribution in [0.3, 0.4) is 0 Å². The van der Waals surface area contributed by atoms with E-state index in [1.807, 2.05) is 32.8 Å². The average Bonchev–Trinajstić information content (AvgIpc) is 3.09. The van der Waals surface area contributed by atoms with Crippen molar-refractivity contribution in [3.8, 4) is 0 Å². The average molecular weight is 748 g/mol. The van der Waals surface area contributed by atoms with E-state index in [0.29, 0.717) is 6.42 Å². The molecule has 0 aromatic rings. The van der Waals surface area contributed by atoms with E-state index in [2.05, 4.69) is 0 Å². The van der Waals surface area contributed by atoms with Crippen molar-refractivity contribution in [2.45, 2.75) is 179 Å². The van der Waals surface area contributed by atoms with Crippen molar-refractivity contribution in [3.63, 3.8) is 0 Å². The highest BCUT2D eigenvalue weighted by atomic mass is 16.7. The van der Waals surface area contributed by atoms with Crippen LogP contribution < -0.4 is 0 Å². The number of aliphatic hydroxyl groups excluding tert-OH is 3. The smallest absolute Gasteiger partial charge is 0.311 e. The van der Waals surface area contributed by atoms with Gasteiger partial charge in [-0.05, 0) is 74.9 Å². The predicted molar refractivity (Wildman–Crippen MR) is 191 cm³/mol. The topological polar surface area (TPSA) is 183 Å². The van der Waals surface area contributed by atoms with E-state index >= 15 is 0 Å². The zero-order chi connectivity index (χ0) is 39.7.